The number of aromatic nitrogens is 2. The monoisotopic (exact) mass is 375 g/mol. The summed E-state index contributed by atoms with van der Waals surface area (Å²) in [6.07, 6.45) is -6.75. The molecule has 12 heteroatoms. The van der Waals surface area contributed by atoms with Gasteiger partial charge in [-0.15, -0.1) is 0 Å². The van der Waals surface area contributed by atoms with Gasteiger partial charge in [-0.25, -0.2) is 13.8 Å². The molecule has 26 heavy (non-hydrogen) atoms. The van der Waals surface area contributed by atoms with Gasteiger partial charge in [0.15, 0.2) is 17.7 Å². The molecule has 8 nitrogen and oxygen atoms in total. The Hall–Kier alpha value is -3.15. The number of alkyl halides is 3. The lowest BCUT2D eigenvalue weighted by atomic mass is 10.1. The van der Waals surface area contributed by atoms with Crippen LogP contribution in [-0.4, -0.2) is 20.1 Å². The third-order valence-electron chi connectivity index (χ3n) is 3.74. The van der Waals surface area contributed by atoms with Gasteiger partial charge in [-0.05, 0) is 6.07 Å². The lowest BCUT2D eigenvalue weighted by molar-refractivity contribution is -0.144. The number of carbonyl (C=O) groups excluding carboxylic acids is 1. The molecule has 0 radical (unpaired) electrons. The number of amides is 1. The second-order valence-electron chi connectivity index (χ2n) is 5.35. The van der Waals surface area contributed by atoms with Crippen LogP contribution >= 0.6 is 0 Å². The number of hydrogen-bond acceptors (Lipinski definition) is 5. The van der Waals surface area contributed by atoms with E-state index in [1.165, 1.54) is 0 Å². The van der Waals surface area contributed by atoms with Crippen molar-refractivity contribution in [3.05, 3.63) is 56.1 Å². The number of nitrogens with zero attached hydrogens (tertiary/aromatic N) is 2. The number of hydrogen-bond donors (Lipinski definition) is 2. The summed E-state index contributed by atoms with van der Waals surface area (Å²) in [7, 11) is 0.767. The van der Waals surface area contributed by atoms with Crippen molar-refractivity contribution in [3.8, 4) is 11.4 Å². The lowest BCUT2D eigenvalue weighted by Gasteiger charge is -2.22. The van der Waals surface area contributed by atoms with Crippen LogP contribution in [0.3, 0.4) is 0 Å². The zero-order chi connectivity index (χ0) is 19.4. The van der Waals surface area contributed by atoms with Crippen LogP contribution < -0.4 is 21.6 Å². The van der Waals surface area contributed by atoms with E-state index in [1.54, 1.807) is 0 Å². The molecular formula is C14H9F4N3O5. The Labute approximate surface area is 140 Å². The molecule has 138 valence electrons. The molecule has 0 spiro atoms. The van der Waals surface area contributed by atoms with Gasteiger partial charge in [0.25, 0.3) is 11.5 Å². The second-order valence-corrected chi connectivity index (χ2v) is 5.35. The molecule has 1 aliphatic rings. The van der Waals surface area contributed by atoms with Crippen LogP contribution in [0.25, 0.3) is 5.69 Å². The highest BCUT2D eigenvalue weighted by molar-refractivity contribution is 5.83. The summed E-state index contributed by atoms with van der Waals surface area (Å²) >= 11 is 0. The van der Waals surface area contributed by atoms with Gasteiger partial charge in [-0.2, -0.15) is 18.7 Å². The first kappa shape index (κ1) is 17.7. The first-order valence-corrected chi connectivity index (χ1v) is 6.91. The Balaban J connectivity index is 2.29. The third kappa shape index (κ3) is 2.63. The number of nitrogens with one attached hydrogen (secondary N) is 1. The third-order valence-corrected chi connectivity index (χ3v) is 3.74. The predicted octanol–water partition coefficient (Wildman–Crippen LogP) is 0.151. The minimum Gasteiger partial charge on any atom is -0.379 e. The van der Waals surface area contributed by atoms with Crippen LogP contribution in [0.1, 0.15) is 17.4 Å². The zero-order valence-corrected chi connectivity index (χ0v) is 12.8. The van der Waals surface area contributed by atoms with Crippen molar-refractivity contribution < 1.29 is 32.3 Å². The van der Waals surface area contributed by atoms with Gasteiger partial charge < -0.3 is 9.94 Å². The minimum absolute atomic E-state index is 0.139. The van der Waals surface area contributed by atoms with Crippen LogP contribution in [0.15, 0.2) is 27.8 Å². The SMILES string of the molecule is Cn1c(C(F)(F)F)cc(=O)n(-c2cc3c(cc2F)ONC(=O)C3O)c1=O. The van der Waals surface area contributed by atoms with Gasteiger partial charge >= 0.3 is 11.9 Å². The first-order valence-electron chi connectivity index (χ1n) is 6.91. The van der Waals surface area contributed by atoms with E-state index in [9.17, 15) is 37.1 Å². The summed E-state index contributed by atoms with van der Waals surface area (Å²) in [5, 5.41) is 9.80. The summed E-state index contributed by atoms with van der Waals surface area (Å²) in [6.45, 7) is 0. The van der Waals surface area contributed by atoms with Gasteiger partial charge in [0.1, 0.15) is 5.69 Å². The van der Waals surface area contributed by atoms with Gasteiger partial charge in [0.05, 0.1) is 5.69 Å². The highest BCUT2D eigenvalue weighted by Gasteiger charge is 2.36. The van der Waals surface area contributed by atoms with Gasteiger partial charge in [0, 0.05) is 24.7 Å². The van der Waals surface area contributed by atoms with E-state index in [-0.39, 0.29) is 26.5 Å². The minimum atomic E-state index is -4.97. The maximum Gasteiger partial charge on any atom is 0.431 e. The fraction of sp³-hybridized carbons (Fsp3) is 0.214. The largest absolute Gasteiger partial charge is 0.431 e. The number of hydroxylamine groups is 1. The number of rotatable bonds is 1. The first-order chi connectivity index (χ1) is 12.0. The Morgan fingerprint density at radius 2 is 1.85 bits per heavy atom. The van der Waals surface area contributed by atoms with E-state index in [2.05, 4.69) is 0 Å². The number of aliphatic hydroxyl groups is 1. The van der Waals surface area contributed by atoms with Crippen molar-refractivity contribution in [2.75, 3.05) is 0 Å². The van der Waals surface area contributed by atoms with Crippen molar-refractivity contribution in [1.82, 2.24) is 14.6 Å². The van der Waals surface area contributed by atoms with E-state index in [1.807, 2.05) is 5.48 Å². The highest BCUT2D eigenvalue weighted by Crippen LogP contribution is 2.32. The van der Waals surface area contributed by atoms with E-state index in [0.717, 1.165) is 13.1 Å². The predicted molar refractivity (Wildman–Crippen MR) is 76.0 cm³/mol. The van der Waals surface area contributed by atoms with E-state index < -0.39 is 46.6 Å². The zero-order valence-electron chi connectivity index (χ0n) is 12.8. The van der Waals surface area contributed by atoms with Crippen molar-refractivity contribution in [1.29, 1.82) is 0 Å². The lowest BCUT2D eigenvalue weighted by Crippen LogP contribution is -2.41. The summed E-state index contributed by atoms with van der Waals surface area (Å²) in [5.41, 5.74) is -3.59. The smallest absolute Gasteiger partial charge is 0.379 e. The number of halogens is 4. The second kappa shape index (κ2) is 5.69. The molecule has 0 saturated carbocycles. The van der Waals surface area contributed by atoms with Crippen molar-refractivity contribution in [3.63, 3.8) is 0 Å². The van der Waals surface area contributed by atoms with Crippen LogP contribution in [-0.2, 0) is 18.0 Å². The quantitative estimate of drug-likeness (QED) is 0.691. The maximum atomic E-state index is 14.3. The summed E-state index contributed by atoms with van der Waals surface area (Å²) in [4.78, 5) is 40.3. The van der Waals surface area contributed by atoms with Crippen molar-refractivity contribution >= 4 is 5.91 Å². The van der Waals surface area contributed by atoms with Gasteiger partial charge in [-0.1, -0.05) is 0 Å². The normalized spacial score (nSPS) is 16.7. The van der Waals surface area contributed by atoms with Crippen molar-refractivity contribution in [2.45, 2.75) is 12.3 Å². The molecule has 1 amide bonds. The molecule has 1 aromatic carbocycles. The summed E-state index contributed by atoms with van der Waals surface area (Å²) in [5.74, 6) is -2.45. The molecule has 0 bridgehead atoms. The number of fused-ring (bicyclic) bond motifs is 1. The Morgan fingerprint density at radius 3 is 2.46 bits per heavy atom. The molecular weight excluding hydrogens is 366 g/mol. The molecule has 2 N–H and O–H groups in total. The Kier molecular flexibility index (Phi) is 3.87. The number of benzene rings is 1. The van der Waals surface area contributed by atoms with E-state index in [4.69, 9.17) is 4.84 Å². The molecule has 1 aliphatic heterocycles. The topological polar surface area (TPSA) is 103 Å². The summed E-state index contributed by atoms with van der Waals surface area (Å²) in [6, 6.07) is 1.60. The van der Waals surface area contributed by atoms with Crippen molar-refractivity contribution in [2.24, 2.45) is 7.05 Å². The molecule has 2 aromatic rings. The molecule has 1 unspecified atom stereocenters. The van der Waals surface area contributed by atoms with E-state index in [0.29, 0.717) is 6.07 Å². The average Bonchev–Trinajstić information content (AvgIpc) is 2.54. The molecule has 0 saturated heterocycles. The van der Waals surface area contributed by atoms with Crippen LogP contribution in [0.2, 0.25) is 0 Å². The number of carbonyl (C=O) groups is 1. The fourth-order valence-electron chi connectivity index (χ4n) is 2.45. The van der Waals surface area contributed by atoms with E-state index >= 15 is 0 Å². The van der Waals surface area contributed by atoms with Gasteiger partial charge in [0.2, 0.25) is 0 Å². The van der Waals surface area contributed by atoms with Crippen LogP contribution in [0.5, 0.6) is 5.75 Å². The molecule has 0 aliphatic carbocycles. The summed E-state index contributed by atoms with van der Waals surface area (Å²) < 4.78 is 53.2. The molecule has 1 aromatic heterocycles. The molecule has 3 rings (SSSR count). The highest BCUT2D eigenvalue weighted by atomic mass is 19.4. The van der Waals surface area contributed by atoms with Crippen LogP contribution in [0, 0.1) is 5.82 Å². The Morgan fingerprint density at radius 1 is 1.19 bits per heavy atom. The Bertz CT molecular complexity index is 1040. The molecule has 0 fully saturated rings. The molecule has 2 heterocycles. The molecule has 1 atom stereocenters. The standard InChI is InChI=1S/C14H9F4N3O5/c1-20-9(14(16,17)18)4-10(22)21(13(20)25)7-2-5-8(3-6(7)15)26-19-12(24)11(5)23/h2-4,11,23H,1H3,(H,19,24). The van der Waals surface area contributed by atoms with Crippen LogP contribution in [0.4, 0.5) is 17.6 Å². The maximum absolute atomic E-state index is 14.3. The average molecular weight is 375 g/mol. The fourth-order valence-corrected chi connectivity index (χ4v) is 2.45. The van der Waals surface area contributed by atoms with Gasteiger partial charge in [-0.3, -0.25) is 14.2 Å². The number of aliphatic hydroxyl groups excluding tert-OH is 1.